The SMILES string of the molecule is COc1ccc([C@H]2C(C(C)=O)=C(O)C(=O)N2CCCCCC(=O)O)c(OC)c1. The number of Topliss-reactive ketones (excluding diaryl/α,β-unsaturated/α-hetero) is 1. The summed E-state index contributed by atoms with van der Waals surface area (Å²) in [5, 5.41) is 19.0. The average molecular weight is 391 g/mol. The highest BCUT2D eigenvalue weighted by atomic mass is 16.5. The molecule has 1 aromatic rings. The van der Waals surface area contributed by atoms with Crippen molar-refractivity contribution in [2.24, 2.45) is 0 Å². The van der Waals surface area contributed by atoms with E-state index in [1.54, 1.807) is 18.2 Å². The molecular weight excluding hydrogens is 366 g/mol. The van der Waals surface area contributed by atoms with Crippen LogP contribution in [0.5, 0.6) is 11.5 Å². The number of methoxy groups -OCH3 is 2. The summed E-state index contributed by atoms with van der Waals surface area (Å²) in [5.74, 6) is -1.45. The topological polar surface area (TPSA) is 113 Å². The number of aliphatic hydroxyl groups excluding tert-OH is 1. The summed E-state index contributed by atoms with van der Waals surface area (Å²) >= 11 is 0. The van der Waals surface area contributed by atoms with Gasteiger partial charge < -0.3 is 24.6 Å². The normalized spacial score (nSPS) is 16.5. The highest BCUT2D eigenvalue weighted by molar-refractivity contribution is 6.08. The Bertz CT molecular complexity index is 800. The van der Waals surface area contributed by atoms with Crippen LogP contribution in [0.25, 0.3) is 0 Å². The van der Waals surface area contributed by atoms with Crippen LogP contribution in [-0.2, 0) is 14.4 Å². The van der Waals surface area contributed by atoms with Crippen LogP contribution in [0.4, 0.5) is 0 Å². The number of carboxylic acids is 1. The number of carbonyl (C=O) groups excluding carboxylic acids is 2. The largest absolute Gasteiger partial charge is 0.503 e. The molecule has 0 fully saturated rings. The van der Waals surface area contributed by atoms with E-state index in [9.17, 15) is 19.5 Å². The summed E-state index contributed by atoms with van der Waals surface area (Å²) in [5.41, 5.74) is 0.593. The maximum atomic E-state index is 12.6. The number of aliphatic carboxylic acids is 1. The van der Waals surface area contributed by atoms with Gasteiger partial charge in [-0.2, -0.15) is 0 Å². The monoisotopic (exact) mass is 391 g/mol. The van der Waals surface area contributed by atoms with Crippen LogP contribution >= 0.6 is 0 Å². The van der Waals surface area contributed by atoms with E-state index >= 15 is 0 Å². The average Bonchev–Trinajstić information content (AvgIpc) is 2.91. The van der Waals surface area contributed by atoms with Gasteiger partial charge in [0.05, 0.1) is 25.8 Å². The second-order valence-electron chi connectivity index (χ2n) is 6.53. The number of ether oxygens (including phenoxy) is 2. The standard InChI is InChI=1S/C20H25NO7/c1-12(22)17-18(14-9-8-13(27-2)11-15(14)28-3)21(20(26)19(17)25)10-6-4-5-7-16(23)24/h8-9,11,18,25H,4-7,10H2,1-3H3,(H,23,24)/t18-/m0/s1. The van der Waals surface area contributed by atoms with Crippen molar-refractivity contribution >= 4 is 17.7 Å². The third kappa shape index (κ3) is 4.44. The smallest absolute Gasteiger partial charge is 0.303 e. The van der Waals surface area contributed by atoms with Crippen LogP contribution in [-0.4, -0.2) is 53.5 Å². The lowest BCUT2D eigenvalue weighted by molar-refractivity contribution is -0.137. The molecule has 0 saturated carbocycles. The summed E-state index contributed by atoms with van der Waals surface area (Å²) in [6, 6.07) is 4.28. The van der Waals surface area contributed by atoms with Gasteiger partial charge >= 0.3 is 5.97 Å². The van der Waals surface area contributed by atoms with E-state index in [2.05, 4.69) is 0 Å². The Balaban J connectivity index is 2.33. The number of carboxylic acid groups (broad SMARTS) is 1. The third-order valence-electron chi connectivity index (χ3n) is 4.71. The van der Waals surface area contributed by atoms with Crippen LogP contribution in [0.2, 0.25) is 0 Å². The summed E-state index contributed by atoms with van der Waals surface area (Å²) < 4.78 is 10.6. The second kappa shape index (κ2) is 9.25. The Kier molecular flexibility index (Phi) is 7.03. The van der Waals surface area contributed by atoms with Crippen LogP contribution in [0.1, 0.15) is 44.2 Å². The van der Waals surface area contributed by atoms with Gasteiger partial charge in [0.2, 0.25) is 0 Å². The van der Waals surface area contributed by atoms with Crippen molar-refractivity contribution in [1.82, 2.24) is 4.90 Å². The Morgan fingerprint density at radius 1 is 1.14 bits per heavy atom. The van der Waals surface area contributed by atoms with Crippen LogP contribution < -0.4 is 9.47 Å². The summed E-state index contributed by atoms with van der Waals surface area (Å²) in [7, 11) is 2.99. The number of nitrogens with zero attached hydrogens (tertiary/aromatic N) is 1. The van der Waals surface area contributed by atoms with Gasteiger partial charge in [0.1, 0.15) is 11.5 Å². The highest BCUT2D eigenvalue weighted by Crippen LogP contribution is 2.42. The maximum absolute atomic E-state index is 12.6. The van der Waals surface area contributed by atoms with E-state index in [0.717, 1.165) is 0 Å². The van der Waals surface area contributed by atoms with Crippen molar-refractivity contribution in [3.05, 3.63) is 35.1 Å². The molecule has 0 unspecified atom stereocenters. The first kappa shape index (κ1) is 21.3. The molecule has 0 bridgehead atoms. The Morgan fingerprint density at radius 2 is 1.86 bits per heavy atom. The highest BCUT2D eigenvalue weighted by Gasteiger charge is 2.43. The summed E-state index contributed by atoms with van der Waals surface area (Å²) in [6.07, 6.45) is 1.71. The van der Waals surface area contributed by atoms with E-state index in [1.165, 1.54) is 26.0 Å². The Labute approximate surface area is 163 Å². The third-order valence-corrected chi connectivity index (χ3v) is 4.71. The number of amides is 1. The van der Waals surface area contributed by atoms with Gasteiger partial charge in [-0.3, -0.25) is 14.4 Å². The summed E-state index contributed by atoms with van der Waals surface area (Å²) in [6.45, 7) is 1.58. The van der Waals surface area contributed by atoms with Gasteiger partial charge in [0.25, 0.3) is 5.91 Å². The molecule has 0 aromatic heterocycles. The van der Waals surface area contributed by atoms with Gasteiger partial charge in [-0.1, -0.05) is 6.42 Å². The minimum atomic E-state index is -0.865. The van der Waals surface area contributed by atoms with Crippen molar-refractivity contribution in [3.63, 3.8) is 0 Å². The Hall–Kier alpha value is -3.03. The number of hydrogen-bond acceptors (Lipinski definition) is 6. The fourth-order valence-corrected chi connectivity index (χ4v) is 3.35. The number of benzene rings is 1. The van der Waals surface area contributed by atoms with Crippen molar-refractivity contribution in [3.8, 4) is 11.5 Å². The lowest BCUT2D eigenvalue weighted by Gasteiger charge is -2.28. The number of unbranched alkanes of at least 4 members (excludes halogenated alkanes) is 2. The zero-order chi connectivity index (χ0) is 20.8. The predicted octanol–water partition coefficient (Wildman–Crippen LogP) is 2.63. The Morgan fingerprint density at radius 3 is 2.43 bits per heavy atom. The van der Waals surface area contributed by atoms with E-state index in [0.29, 0.717) is 36.3 Å². The zero-order valence-electron chi connectivity index (χ0n) is 16.2. The van der Waals surface area contributed by atoms with Gasteiger partial charge in [-0.25, -0.2) is 0 Å². The maximum Gasteiger partial charge on any atom is 0.303 e. The molecule has 1 aliphatic heterocycles. The zero-order valence-corrected chi connectivity index (χ0v) is 16.2. The predicted molar refractivity (Wildman–Crippen MR) is 100 cm³/mol. The van der Waals surface area contributed by atoms with Gasteiger partial charge in [-0.15, -0.1) is 0 Å². The fourth-order valence-electron chi connectivity index (χ4n) is 3.35. The van der Waals surface area contributed by atoms with E-state index in [4.69, 9.17) is 14.6 Å². The molecule has 2 rings (SSSR count). The van der Waals surface area contributed by atoms with Crippen LogP contribution in [0, 0.1) is 0 Å². The lowest BCUT2D eigenvalue weighted by Crippen LogP contribution is -2.32. The number of ketones is 1. The fraction of sp³-hybridized carbons (Fsp3) is 0.450. The first-order chi connectivity index (χ1) is 13.3. The van der Waals surface area contributed by atoms with E-state index in [-0.39, 0.29) is 18.5 Å². The number of carbonyl (C=O) groups is 3. The molecule has 1 aliphatic rings. The first-order valence-electron chi connectivity index (χ1n) is 9.00. The molecule has 8 heteroatoms. The molecule has 1 amide bonds. The molecule has 1 heterocycles. The van der Waals surface area contributed by atoms with Gasteiger partial charge in [-0.05, 0) is 31.9 Å². The van der Waals surface area contributed by atoms with Crippen molar-refractivity contribution in [1.29, 1.82) is 0 Å². The van der Waals surface area contributed by atoms with Crippen molar-refractivity contribution in [2.45, 2.75) is 38.6 Å². The van der Waals surface area contributed by atoms with E-state index in [1.807, 2.05) is 0 Å². The molecule has 0 saturated heterocycles. The molecule has 0 radical (unpaired) electrons. The molecular formula is C20H25NO7. The number of hydrogen-bond donors (Lipinski definition) is 2. The lowest BCUT2D eigenvalue weighted by atomic mass is 9.95. The summed E-state index contributed by atoms with van der Waals surface area (Å²) in [4.78, 5) is 36.8. The van der Waals surface area contributed by atoms with Gasteiger partial charge in [0.15, 0.2) is 11.5 Å². The van der Waals surface area contributed by atoms with E-state index < -0.39 is 29.5 Å². The van der Waals surface area contributed by atoms with Crippen LogP contribution in [0.3, 0.4) is 0 Å². The molecule has 2 N–H and O–H groups in total. The molecule has 1 atom stereocenters. The van der Waals surface area contributed by atoms with Gasteiger partial charge in [0, 0.05) is 24.6 Å². The number of rotatable bonds is 10. The molecule has 152 valence electrons. The minimum Gasteiger partial charge on any atom is -0.503 e. The first-order valence-corrected chi connectivity index (χ1v) is 9.00. The number of aliphatic hydroxyl groups is 1. The van der Waals surface area contributed by atoms with Crippen molar-refractivity contribution < 1.29 is 34.1 Å². The second-order valence-corrected chi connectivity index (χ2v) is 6.53. The molecule has 28 heavy (non-hydrogen) atoms. The quantitative estimate of drug-likeness (QED) is 0.589. The molecule has 1 aromatic carbocycles. The van der Waals surface area contributed by atoms with Crippen LogP contribution in [0.15, 0.2) is 29.5 Å². The molecule has 8 nitrogen and oxygen atoms in total. The minimum absolute atomic E-state index is 0.0269. The molecule has 0 aliphatic carbocycles. The van der Waals surface area contributed by atoms with Crippen molar-refractivity contribution in [2.75, 3.05) is 20.8 Å². The molecule has 0 spiro atoms.